The number of hydrogen-bond acceptors (Lipinski definition) is 5. The standard InChI is InChI=1S/C15H17ClN4O2S/c1-3-11(23-15-19-12(17)7-13(21)20-15)14(22)18-9-5-4-8(2)10(16)6-9/h4-7,11H,3H2,1-2H3,(H,18,22)(H3,17,19,20,21). The molecule has 1 unspecified atom stereocenters. The predicted molar refractivity (Wildman–Crippen MR) is 94.0 cm³/mol. The van der Waals surface area contributed by atoms with Crippen LogP contribution in [0.4, 0.5) is 11.5 Å². The number of aromatic amines is 1. The molecule has 0 aliphatic carbocycles. The number of benzene rings is 1. The van der Waals surface area contributed by atoms with E-state index < -0.39 is 5.25 Å². The van der Waals surface area contributed by atoms with Crippen molar-refractivity contribution >= 4 is 40.8 Å². The number of nitrogens with zero attached hydrogens (tertiary/aromatic N) is 1. The minimum atomic E-state index is -0.417. The Balaban J connectivity index is 2.11. The Labute approximate surface area is 142 Å². The number of carbonyl (C=O) groups excluding carboxylic acids is 1. The smallest absolute Gasteiger partial charge is 0.253 e. The zero-order chi connectivity index (χ0) is 17.0. The van der Waals surface area contributed by atoms with Crippen LogP contribution in [0, 0.1) is 6.92 Å². The minimum absolute atomic E-state index is 0.122. The molecule has 2 rings (SSSR count). The van der Waals surface area contributed by atoms with Crippen LogP contribution < -0.4 is 16.6 Å². The molecular weight excluding hydrogens is 336 g/mol. The molecule has 23 heavy (non-hydrogen) atoms. The van der Waals surface area contributed by atoms with Gasteiger partial charge >= 0.3 is 0 Å². The number of nitrogen functional groups attached to an aromatic ring is 1. The molecule has 1 atom stereocenters. The van der Waals surface area contributed by atoms with E-state index in [1.54, 1.807) is 12.1 Å². The fourth-order valence-corrected chi connectivity index (χ4v) is 2.96. The summed E-state index contributed by atoms with van der Waals surface area (Å²) in [4.78, 5) is 30.4. The van der Waals surface area contributed by atoms with Gasteiger partial charge in [0.15, 0.2) is 5.16 Å². The molecule has 0 saturated carbocycles. The maximum atomic E-state index is 12.4. The molecule has 0 spiro atoms. The number of H-pyrrole nitrogens is 1. The van der Waals surface area contributed by atoms with Crippen LogP contribution in [-0.2, 0) is 4.79 Å². The molecule has 0 bridgehead atoms. The normalized spacial score (nSPS) is 12.0. The number of nitrogens with two attached hydrogens (primary N) is 1. The maximum absolute atomic E-state index is 12.4. The van der Waals surface area contributed by atoms with Crippen LogP contribution >= 0.6 is 23.4 Å². The highest BCUT2D eigenvalue weighted by atomic mass is 35.5. The summed E-state index contributed by atoms with van der Waals surface area (Å²) in [7, 11) is 0. The summed E-state index contributed by atoms with van der Waals surface area (Å²) in [6.07, 6.45) is 0.564. The first-order chi connectivity index (χ1) is 10.9. The lowest BCUT2D eigenvalue weighted by molar-refractivity contribution is -0.115. The second kappa shape index (κ2) is 7.52. The summed E-state index contributed by atoms with van der Waals surface area (Å²) < 4.78 is 0. The van der Waals surface area contributed by atoms with E-state index in [4.69, 9.17) is 17.3 Å². The average Bonchev–Trinajstić information content (AvgIpc) is 2.47. The largest absolute Gasteiger partial charge is 0.383 e. The second-order valence-electron chi connectivity index (χ2n) is 4.94. The van der Waals surface area contributed by atoms with Crippen molar-refractivity contribution in [1.29, 1.82) is 0 Å². The zero-order valence-corrected chi connectivity index (χ0v) is 14.3. The highest BCUT2D eigenvalue weighted by Gasteiger charge is 2.19. The highest BCUT2D eigenvalue weighted by Crippen LogP contribution is 2.25. The lowest BCUT2D eigenvalue weighted by atomic mass is 10.2. The van der Waals surface area contributed by atoms with Gasteiger partial charge in [-0.1, -0.05) is 36.4 Å². The number of aryl methyl sites for hydroxylation is 1. The molecule has 0 aliphatic rings. The molecule has 6 nitrogen and oxygen atoms in total. The van der Waals surface area contributed by atoms with Gasteiger partial charge in [-0.25, -0.2) is 4.98 Å². The van der Waals surface area contributed by atoms with Crippen molar-refractivity contribution in [3.8, 4) is 0 Å². The lowest BCUT2D eigenvalue weighted by Crippen LogP contribution is -2.25. The third kappa shape index (κ3) is 4.74. The number of thioether (sulfide) groups is 1. The van der Waals surface area contributed by atoms with Crippen molar-refractivity contribution in [3.05, 3.63) is 45.2 Å². The Bertz CT molecular complexity index is 778. The van der Waals surface area contributed by atoms with Crippen molar-refractivity contribution in [2.75, 3.05) is 11.1 Å². The van der Waals surface area contributed by atoms with Crippen molar-refractivity contribution in [1.82, 2.24) is 9.97 Å². The Hall–Kier alpha value is -1.99. The van der Waals surface area contributed by atoms with E-state index in [0.717, 1.165) is 17.3 Å². The van der Waals surface area contributed by atoms with Crippen molar-refractivity contribution < 1.29 is 4.79 Å². The van der Waals surface area contributed by atoms with E-state index in [2.05, 4.69) is 15.3 Å². The first-order valence-corrected chi connectivity index (χ1v) is 8.25. The van der Waals surface area contributed by atoms with Crippen LogP contribution in [-0.4, -0.2) is 21.1 Å². The fourth-order valence-electron chi connectivity index (χ4n) is 1.86. The van der Waals surface area contributed by atoms with E-state index >= 15 is 0 Å². The number of amides is 1. The lowest BCUT2D eigenvalue weighted by Gasteiger charge is -2.14. The van der Waals surface area contributed by atoms with Gasteiger partial charge < -0.3 is 16.0 Å². The van der Waals surface area contributed by atoms with E-state index in [0.29, 0.717) is 22.3 Å². The molecule has 2 aromatic rings. The number of nitrogens with one attached hydrogen (secondary N) is 2. The first kappa shape index (κ1) is 17.4. The van der Waals surface area contributed by atoms with Crippen LogP contribution in [0.2, 0.25) is 5.02 Å². The molecule has 8 heteroatoms. The topological polar surface area (TPSA) is 101 Å². The van der Waals surface area contributed by atoms with Gasteiger partial charge in [-0.3, -0.25) is 9.59 Å². The SMILES string of the molecule is CCC(Sc1nc(N)cc(=O)[nH]1)C(=O)Nc1ccc(C)c(Cl)c1. The molecule has 1 amide bonds. The summed E-state index contributed by atoms with van der Waals surface area (Å²) in [5.41, 5.74) is 6.76. The summed E-state index contributed by atoms with van der Waals surface area (Å²) in [5.74, 6) is -0.0701. The molecule has 1 aromatic carbocycles. The predicted octanol–water partition coefficient (Wildman–Crippen LogP) is 2.82. The first-order valence-electron chi connectivity index (χ1n) is 6.99. The number of hydrogen-bond donors (Lipinski definition) is 3. The second-order valence-corrected chi connectivity index (χ2v) is 6.54. The van der Waals surface area contributed by atoms with Gasteiger partial charge in [-0.2, -0.15) is 0 Å². The Kier molecular flexibility index (Phi) is 5.68. The molecule has 4 N–H and O–H groups in total. The Morgan fingerprint density at radius 1 is 1.48 bits per heavy atom. The third-order valence-corrected chi connectivity index (χ3v) is 4.75. The van der Waals surface area contributed by atoms with E-state index in [-0.39, 0.29) is 17.3 Å². The van der Waals surface area contributed by atoms with Gasteiger partial charge in [0.1, 0.15) is 5.82 Å². The molecule has 0 saturated heterocycles. The van der Waals surface area contributed by atoms with Gasteiger partial charge in [-0.05, 0) is 31.0 Å². The van der Waals surface area contributed by atoms with Crippen molar-refractivity contribution in [2.45, 2.75) is 30.7 Å². The van der Waals surface area contributed by atoms with Crippen LogP contribution in [0.15, 0.2) is 34.2 Å². The van der Waals surface area contributed by atoms with E-state index in [9.17, 15) is 9.59 Å². The maximum Gasteiger partial charge on any atom is 0.253 e. The van der Waals surface area contributed by atoms with Crippen molar-refractivity contribution in [3.63, 3.8) is 0 Å². The monoisotopic (exact) mass is 352 g/mol. The molecule has 0 radical (unpaired) electrons. The Morgan fingerprint density at radius 3 is 2.83 bits per heavy atom. The highest BCUT2D eigenvalue weighted by molar-refractivity contribution is 8.00. The van der Waals surface area contributed by atoms with Crippen LogP contribution in [0.5, 0.6) is 0 Å². The molecular formula is C15H17ClN4O2S. The summed E-state index contributed by atoms with van der Waals surface area (Å²) in [6.45, 7) is 3.77. The number of carbonyl (C=O) groups is 1. The minimum Gasteiger partial charge on any atom is -0.383 e. The zero-order valence-electron chi connectivity index (χ0n) is 12.7. The molecule has 1 aromatic heterocycles. The van der Waals surface area contributed by atoms with Crippen LogP contribution in [0.3, 0.4) is 0 Å². The van der Waals surface area contributed by atoms with Gasteiger partial charge in [0.2, 0.25) is 5.91 Å². The number of anilines is 2. The summed E-state index contributed by atoms with van der Waals surface area (Å²) in [5, 5.41) is 3.31. The number of halogens is 1. The van der Waals surface area contributed by atoms with Crippen molar-refractivity contribution in [2.24, 2.45) is 0 Å². The number of aromatic nitrogens is 2. The summed E-state index contributed by atoms with van der Waals surface area (Å²) >= 11 is 7.22. The number of rotatable bonds is 5. The van der Waals surface area contributed by atoms with Gasteiger partial charge in [-0.15, -0.1) is 0 Å². The van der Waals surface area contributed by atoms with Gasteiger partial charge in [0.25, 0.3) is 5.56 Å². The Morgan fingerprint density at radius 2 is 2.22 bits per heavy atom. The van der Waals surface area contributed by atoms with Gasteiger partial charge in [0.05, 0.1) is 5.25 Å². The van der Waals surface area contributed by atoms with E-state index in [1.807, 2.05) is 19.9 Å². The molecule has 0 aliphatic heterocycles. The van der Waals surface area contributed by atoms with E-state index in [1.165, 1.54) is 6.07 Å². The van der Waals surface area contributed by atoms with Gasteiger partial charge in [0, 0.05) is 16.8 Å². The summed E-state index contributed by atoms with van der Waals surface area (Å²) in [6, 6.07) is 6.52. The molecule has 1 heterocycles. The molecule has 0 fully saturated rings. The quantitative estimate of drug-likeness (QED) is 0.567. The fraction of sp³-hybridized carbons (Fsp3) is 0.267. The molecule has 122 valence electrons. The van der Waals surface area contributed by atoms with Crippen LogP contribution in [0.25, 0.3) is 0 Å². The van der Waals surface area contributed by atoms with Crippen LogP contribution in [0.1, 0.15) is 18.9 Å². The third-order valence-electron chi connectivity index (χ3n) is 3.10. The average molecular weight is 353 g/mol.